The normalized spacial score (nSPS) is 24.8. The fourth-order valence-electron chi connectivity index (χ4n) is 5.83. The van der Waals surface area contributed by atoms with Gasteiger partial charge in [-0.1, -0.05) is 13.8 Å². The van der Waals surface area contributed by atoms with E-state index < -0.39 is 27.3 Å². The lowest BCUT2D eigenvalue weighted by molar-refractivity contribution is -0.137. The molecule has 5 rings (SSSR count). The van der Waals surface area contributed by atoms with Crippen LogP contribution in [0.5, 0.6) is 0 Å². The summed E-state index contributed by atoms with van der Waals surface area (Å²) in [5.41, 5.74) is -1.46. The lowest BCUT2D eigenvalue weighted by Gasteiger charge is -2.36. The molecule has 9 nitrogen and oxygen atoms in total. The molecular weight excluding hydrogens is 543 g/mol. The number of sulfonamides is 1. The fourth-order valence-corrected chi connectivity index (χ4v) is 8.21. The molecule has 208 valence electrons. The molecule has 0 spiro atoms. The lowest BCUT2D eigenvalue weighted by Crippen LogP contribution is -2.42. The Hall–Kier alpha value is -2.29. The number of piperidine rings is 1. The van der Waals surface area contributed by atoms with E-state index in [0.717, 1.165) is 17.3 Å². The predicted octanol–water partition coefficient (Wildman–Crippen LogP) is 3.79. The van der Waals surface area contributed by atoms with E-state index >= 15 is 0 Å². The van der Waals surface area contributed by atoms with Crippen LogP contribution in [-0.2, 0) is 26.5 Å². The van der Waals surface area contributed by atoms with Gasteiger partial charge in [0.25, 0.3) is 5.91 Å². The molecule has 2 aromatic heterocycles. The van der Waals surface area contributed by atoms with Crippen molar-refractivity contribution < 1.29 is 31.1 Å². The second-order valence-electron chi connectivity index (χ2n) is 10.4. The van der Waals surface area contributed by atoms with Gasteiger partial charge in [-0.15, -0.1) is 11.3 Å². The van der Waals surface area contributed by atoms with Crippen LogP contribution in [-0.4, -0.2) is 78.6 Å². The van der Waals surface area contributed by atoms with Crippen LogP contribution in [0.3, 0.4) is 0 Å². The number of nitrogens with zero attached hydrogens (tertiary/aromatic N) is 4. The Morgan fingerprint density at radius 1 is 1.26 bits per heavy atom. The molecule has 0 aliphatic carbocycles. The van der Waals surface area contributed by atoms with E-state index in [1.165, 1.54) is 21.7 Å². The monoisotopic (exact) mass is 573 g/mol. The van der Waals surface area contributed by atoms with Crippen LogP contribution in [0.1, 0.15) is 53.9 Å². The first-order chi connectivity index (χ1) is 17.8. The van der Waals surface area contributed by atoms with Crippen molar-refractivity contribution in [2.75, 3.05) is 38.3 Å². The minimum Gasteiger partial charge on any atom is -0.380 e. The van der Waals surface area contributed by atoms with Crippen LogP contribution in [0.15, 0.2) is 12.3 Å². The predicted molar refractivity (Wildman–Crippen MR) is 136 cm³/mol. The van der Waals surface area contributed by atoms with Gasteiger partial charge >= 0.3 is 6.18 Å². The average molecular weight is 574 g/mol. The highest BCUT2D eigenvalue weighted by Gasteiger charge is 2.58. The molecule has 1 amide bonds. The Bertz CT molecular complexity index is 1360. The van der Waals surface area contributed by atoms with Crippen LogP contribution in [0.25, 0.3) is 10.6 Å². The highest BCUT2D eigenvalue weighted by molar-refractivity contribution is 7.88. The molecule has 14 heteroatoms. The van der Waals surface area contributed by atoms with Crippen LogP contribution >= 0.6 is 11.3 Å². The van der Waals surface area contributed by atoms with Crippen LogP contribution in [0.2, 0.25) is 0 Å². The van der Waals surface area contributed by atoms with Gasteiger partial charge in [0.2, 0.25) is 16.0 Å². The van der Waals surface area contributed by atoms with Gasteiger partial charge in [-0.3, -0.25) is 4.79 Å². The maximum Gasteiger partial charge on any atom is 0.420 e. The summed E-state index contributed by atoms with van der Waals surface area (Å²) in [6.07, 6.45) is -1.39. The summed E-state index contributed by atoms with van der Waals surface area (Å²) >= 11 is 1.17. The van der Waals surface area contributed by atoms with E-state index in [0.29, 0.717) is 44.5 Å². The molecule has 2 aromatic rings. The molecule has 0 radical (unpaired) electrons. The first-order valence-corrected chi connectivity index (χ1v) is 15.1. The number of alkyl halides is 3. The van der Waals surface area contributed by atoms with E-state index in [4.69, 9.17) is 4.74 Å². The number of fused-ring (bicyclic) bond motifs is 3. The number of thiophene rings is 1. The molecule has 3 aliphatic heterocycles. The van der Waals surface area contributed by atoms with Gasteiger partial charge in [0.15, 0.2) is 0 Å². The first-order valence-electron chi connectivity index (χ1n) is 12.4. The van der Waals surface area contributed by atoms with Crippen molar-refractivity contribution in [3.8, 4) is 10.6 Å². The largest absolute Gasteiger partial charge is 0.420 e. The number of carbonyl (C=O) groups is 1. The molecule has 2 atom stereocenters. The van der Waals surface area contributed by atoms with Gasteiger partial charge in [-0.25, -0.2) is 22.7 Å². The van der Waals surface area contributed by atoms with Crippen molar-refractivity contribution in [1.82, 2.24) is 19.2 Å². The molecule has 3 aliphatic rings. The van der Waals surface area contributed by atoms with E-state index in [9.17, 15) is 26.4 Å². The van der Waals surface area contributed by atoms with E-state index in [2.05, 4.69) is 15.3 Å². The molecule has 2 saturated heterocycles. The zero-order valence-corrected chi connectivity index (χ0v) is 23.1. The standard InChI is InChI=1S/C24H30F3N5O4S2/c1-13(2)23-10-15(36-3)12-32(23)21(33)16-9-18(37-20(16)23)19-17(24(25,26)27)11-28-22(30-19)29-14-5-7-31(8-6-14)38(4,34)35/h9,11,13-15H,5-8,10,12H2,1-4H3,(H,28,29,30). The molecule has 38 heavy (non-hydrogen) atoms. The van der Waals surface area contributed by atoms with Crippen molar-refractivity contribution in [3.05, 3.63) is 28.3 Å². The molecule has 2 fully saturated rings. The van der Waals surface area contributed by atoms with Crippen LogP contribution in [0, 0.1) is 5.92 Å². The average Bonchev–Trinajstić information content (AvgIpc) is 3.50. The number of amides is 1. The lowest BCUT2D eigenvalue weighted by atomic mass is 9.83. The second kappa shape index (κ2) is 9.42. The third-order valence-electron chi connectivity index (χ3n) is 7.88. The maximum atomic E-state index is 14.0. The van der Waals surface area contributed by atoms with Gasteiger partial charge in [0, 0.05) is 50.3 Å². The fraction of sp³-hybridized carbons (Fsp3) is 0.625. The Kier molecular flexibility index (Phi) is 6.76. The van der Waals surface area contributed by atoms with E-state index in [1.54, 1.807) is 12.0 Å². The summed E-state index contributed by atoms with van der Waals surface area (Å²) in [6.45, 7) is 5.07. The summed E-state index contributed by atoms with van der Waals surface area (Å²) in [4.78, 5) is 24.4. The number of ether oxygens (including phenoxy) is 1. The highest BCUT2D eigenvalue weighted by Crippen LogP contribution is 2.56. The van der Waals surface area contributed by atoms with Gasteiger partial charge < -0.3 is 15.0 Å². The number of methoxy groups -OCH3 is 1. The van der Waals surface area contributed by atoms with Crippen molar-refractivity contribution in [2.24, 2.45) is 5.92 Å². The minimum absolute atomic E-state index is 0.0295. The Morgan fingerprint density at radius 2 is 1.95 bits per heavy atom. The maximum absolute atomic E-state index is 14.0. The number of anilines is 1. The zero-order valence-electron chi connectivity index (χ0n) is 21.5. The molecule has 1 N–H and O–H groups in total. The smallest absolute Gasteiger partial charge is 0.380 e. The second-order valence-corrected chi connectivity index (χ2v) is 13.5. The van der Waals surface area contributed by atoms with E-state index in [-0.39, 0.29) is 40.5 Å². The zero-order chi connectivity index (χ0) is 27.6. The molecule has 0 saturated carbocycles. The Balaban J connectivity index is 1.49. The number of hydrogen-bond acceptors (Lipinski definition) is 8. The number of halogens is 3. The Morgan fingerprint density at radius 3 is 2.53 bits per heavy atom. The molecule has 2 unspecified atom stereocenters. The van der Waals surface area contributed by atoms with Crippen LogP contribution < -0.4 is 5.32 Å². The summed E-state index contributed by atoms with van der Waals surface area (Å²) in [5, 5.41) is 3.08. The molecule has 0 aromatic carbocycles. The molecular formula is C24H30F3N5O4S2. The van der Waals surface area contributed by atoms with Crippen LogP contribution in [0.4, 0.5) is 19.1 Å². The SMILES string of the molecule is COC1CN2C(=O)c3cc(-c4nc(NC5CCN(S(C)(=O)=O)CC5)ncc4C(F)(F)F)sc3C2(C(C)C)C1. The van der Waals surface area contributed by atoms with Crippen molar-refractivity contribution in [1.29, 1.82) is 0 Å². The summed E-state index contributed by atoms with van der Waals surface area (Å²) in [7, 11) is -1.70. The highest BCUT2D eigenvalue weighted by atomic mass is 32.2. The number of hydrogen-bond donors (Lipinski definition) is 1. The summed E-state index contributed by atoms with van der Waals surface area (Å²) in [6, 6.07) is 1.34. The van der Waals surface area contributed by atoms with Crippen molar-refractivity contribution >= 4 is 33.2 Å². The molecule has 5 heterocycles. The molecule has 0 bridgehead atoms. The van der Waals surface area contributed by atoms with E-state index in [1.807, 2.05) is 13.8 Å². The first kappa shape index (κ1) is 27.3. The summed E-state index contributed by atoms with van der Waals surface area (Å²) < 4.78 is 72.6. The topological polar surface area (TPSA) is 105 Å². The quantitative estimate of drug-likeness (QED) is 0.561. The number of rotatable bonds is 6. The van der Waals surface area contributed by atoms with Gasteiger partial charge in [0.05, 0.1) is 34.0 Å². The van der Waals surface area contributed by atoms with Gasteiger partial charge in [-0.05, 0) is 24.8 Å². The van der Waals surface area contributed by atoms with Gasteiger partial charge in [-0.2, -0.15) is 13.2 Å². The minimum atomic E-state index is -4.69. The third kappa shape index (κ3) is 4.48. The number of carbonyl (C=O) groups excluding carboxylic acids is 1. The van der Waals surface area contributed by atoms with Crippen molar-refractivity contribution in [3.63, 3.8) is 0 Å². The number of aromatic nitrogens is 2. The number of nitrogens with one attached hydrogen (secondary N) is 1. The summed E-state index contributed by atoms with van der Waals surface area (Å²) in [5.74, 6) is -0.137. The van der Waals surface area contributed by atoms with Crippen molar-refractivity contribution in [2.45, 2.75) is 57.0 Å². The van der Waals surface area contributed by atoms with Gasteiger partial charge in [0.1, 0.15) is 5.56 Å². The third-order valence-corrected chi connectivity index (χ3v) is 10.5. The Labute approximate surface area is 223 Å².